The minimum Gasteiger partial charge on any atom is -0.377 e. The number of hydrogen-bond donors (Lipinski definition) is 2. The summed E-state index contributed by atoms with van der Waals surface area (Å²) in [5.41, 5.74) is 2.46. The molecule has 23 heavy (non-hydrogen) atoms. The maximum atomic E-state index is 12.5. The lowest BCUT2D eigenvalue weighted by Gasteiger charge is -2.19. The summed E-state index contributed by atoms with van der Waals surface area (Å²) in [5, 5.41) is 9.79. The van der Waals surface area contributed by atoms with E-state index >= 15 is 0 Å². The van der Waals surface area contributed by atoms with Gasteiger partial charge in [-0.05, 0) is 12.5 Å². The summed E-state index contributed by atoms with van der Waals surface area (Å²) in [6.07, 6.45) is 7.81. The average molecular weight is 315 g/mol. The Labute approximate surface area is 135 Å². The van der Waals surface area contributed by atoms with Crippen LogP contribution in [0, 0.1) is 5.92 Å². The Balaban J connectivity index is 1.65. The molecule has 2 N–H and O–H groups in total. The number of carbonyl (C=O) groups excluding carboxylic acids is 1. The van der Waals surface area contributed by atoms with Crippen molar-refractivity contribution in [1.82, 2.24) is 20.5 Å². The smallest absolute Gasteiger partial charge is 0.254 e. The molecule has 0 saturated carbocycles. The molecule has 0 spiro atoms. The Morgan fingerprint density at radius 1 is 1.48 bits per heavy atom. The molecular weight excluding hydrogens is 294 g/mol. The van der Waals surface area contributed by atoms with Gasteiger partial charge in [-0.25, -0.2) is 0 Å². The Bertz CT molecular complexity index is 656. The Morgan fingerprint density at radius 3 is 3.09 bits per heavy atom. The van der Waals surface area contributed by atoms with Crippen LogP contribution in [0.2, 0.25) is 0 Å². The van der Waals surface area contributed by atoms with Gasteiger partial charge >= 0.3 is 0 Å². The molecular formula is C16H21N5O2. The van der Waals surface area contributed by atoms with Gasteiger partial charge in [0, 0.05) is 57.3 Å². The normalized spacial score (nSPS) is 20.4. The summed E-state index contributed by atoms with van der Waals surface area (Å²) in [7, 11) is 3.82. The van der Waals surface area contributed by atoms with E-state index in [0.29, 0.717) is 18.7 Å². The van der Waals surface area contributed by atoms with Gasteiger partial charge in [0.25, 0.3) is 5.91 Å². The third-order valence-corrected chi connectivity index (χ3v) is 4.11. The summed E-state index contributed by atoms with van der Waals surface area (Å²) in [5.74, 6) is 0.135. The molecule has 0 aliphatic carbocycles. The lowest BCUT2D eigenvalue weighted by molar-refractivity contribution is 0.0846. The predicted molar refractivity (Wildman–Crippen MR) is 86.3 cm³/mol. The maximum absolute atomic E-state index is 12.5. The van der Waals surface area contributed by atoms with Crippen LogP contribution in [-0.2, 0) is 4.74 Å². The van der Waals surface area contributed by atoms with Crippen LogP contribution in [0.15, 0.2) is 30.9 Å². The van der Waals surface area contributed by atoms with E-state index in [1.165, 1.54) is 0 Å². The molecule has 0 unspecified atom stereocenters. The number of aromatic amines is 1. The van der Waals surface area contributed by atoms with Gasteiger partial charge in [0.2, 0.25) is 0 Å². The summed E-state index contributed by atoms with van der Waals surface area (Å²) >= 11 is 0. The van der Waals surface area contributed by atoms with E-state index in [0.717, 1.165) is 17.7 Å². The zero-order chi connectivity index (χ0) is 16.2. The first-order valence-corrected chi connectivity index (χ1v) is 7.66. The molecule has 7 nitrogen and oxygen atoms in total. The SMILES string of the molecule is CN(C)c1ccncc1C(=O)NC[C@H]1CCO[C@@H]1c1cn[nH]c1. The highest BCUT2D eigenvalue weighted by Gasteiger charge is 2.30. The molecule has 0 bridgehead atoms. The average Bonchev–Trinajstić information content (AvgIpc) is 3.23. The molecule has 3 rings (SSSR count). The first-order valence-electron chi connectivity index (χ1n) is 7.66. The number of hydrogen-bond acceptors (Lipinski definition) is 5. The fourth-order valence-corrected chi connectivity index (χ4v) is 2.90. The highest BCUT2D eigenvalue weighted by Crippen LogP contribution is 2.33. The molecule has 2 aromatic rings. The number of amides is 1. The van der Waals surface area contributed by atoms with Crippen molar-refractivity contribution in [3.8, 4) is 0 Å². The minimum absolute atomic E-state index is 0.0173. The van der Waals surface area contributed by atoms with Crippen molar-refractivity contribution in [2.45, 2.75) is 12.5 Å². The van der Waals surface area contributed by atoms with Crippen LogP contribution in [0.5, 0.6) is 0 Å². The first kappa shape index (κ1) is 15.5. The van der Waals surface area contributed by atoms with E-state index in [-0.39, 0.29) is 17.9 Å². The van der Waals surface area contributed by atoms with Crippen molar-refractivity contribution >= 4 is 11.6 Å². The maximum Gasteiger partial charge on any atom is 0.254 e. The first-order chi connectivity index (χ1) is 11.2. The van der Waals surface area contributed by atoms with Gasteiger partial charge in [0.05, 0.1) is 23.6 Å². The molecule has 2 atom stereocenters. The van der Waals surface area contributed by atoms with Gasteiger partial charge < -0.3 is 15.0 Å². The van der Waals surface area contributed by atoms with Crippen LogP contribution in [0.25, 0.3) is 0 Å². The standard InChI is InChI=1S/C16H21N5O2/c1-21(2)14-3-5-17-10-13(14)16(22)18-7-11-4-6-23-15(11)12-8-19-20-9-12/h3,5,8-11,15H,4,6-7H2,1-2H3,(H,18,22)(H,19,20)/t11-,15+/m1/s1. The number of ether oxygens (including phenoxy) is 1. The second-order valence-electron chi connectivity index (χ2n) is 5.87. The fourth-order valence-electron chi connectivity index (χ4n) is 2.90. The summed E-state index contributed by atoms with van der Waals surface area (Å²) < 4.78 is 5.78. The predicted octanol–water partition coefficient (Wildman–Crippen LogP) is 1.38. The second kappa shape index (κ2) is 6.78. The minimum atomic E-state index is -0.111. The van der Waals surface area contributed by atoms with Crippen LogP contribution in [0.3, 0.4) is 0 Å². The van der Waals surface area contributed by atoms with E-state index < -0.39 is 0 Å². The lowest BCUT2D eigenvalue weighted by atomic mass is 9.97. The molecule has 1 amide bonds. The van der Waals surface area contributed by atoms with Crippen molar-refractivity contribution in [3.05, 3.63) is 42.0 Å². The van der Waals surface area contributed by atoms with Gasteiger partial charge in [-0.3, -0.25) is 14.9 Å². The van der Waals surface area contributed by atoms with Crippen LogP contribution in [-0.4, -0.2) is 48.3 Å². The van der Waals surface area contributed by atoms with Gasteiger partial charge in [-0.1, -0.05) is 0 Å². The van der Waals surface area contributed by atoms with Crippen molar-refractivity contribution in [1.29, 1.82) is 0 Å². The molecule has 2 aromatic heterocycles. The lowest BCUT2D eigenvalue weighted by Crippen LogP contribution is -2.31. The highest BCUT2D eigenvalue weighted by molar-refractivity contribution is 5.99. The Morgan fingerprint density at radius 2 is 2.35 bits per heavy atom. The highest BCUT2D eigenvalue weighted by atomic mass is 16.5. The summed E-state index contributed by atoms with van der Waals surface area (Å²) in [6, 6.07) is 1.84. The van der Waals surface area contributed by atoms with E-state index in [4.69, 9.17) is 4.74 Å². The number of rotatable bonds is 5. The fraction of sp³-hybridized carbons (Fsp3) is 0.438. The molecule has 3 heterocycles. The van der Waals surface area contributed by atoms with Crippen LogP contribution in [0.4, 0.5) is 5.69 Å². The molecule has 1 aliphatic heterocycles. The molecule has 7 heteroatoms. The topological polar surface area (TPSA) is 83.1 Å². The zero-order valence-electron chi connectivity index (χ0n) is 13.3. The van der Waals surface area contributed by atoms with Crippen molar-refractivity contribution in [2.75, 3.05) is 32.1 Å². The molecule has 122 valence electrons. The molecule has 1 fully saturated rings. The summed E-state index contributed by atoms with van der Waals surface area (Å²) in [6.45, 7) is 1.27. The number of H-pyrrole nitrogens is 1. The molecule has 1 aliphatic rings. The van der Waals surface area contributed by atoms with Gasteiger partial charge in [-0.15, -0.1) is 0 Å². The van der Waals surface area contributed by atoms with Crippen LogP contribution < -0.4 is 10.2 Å². The second-order valence-corrected chi connectivity index (χ2v) is 5.87. The molecule has 1 saturated heterocycles. The monoisotopic (exact) mass is 315 g/mol. The van der Waals surface area contributed by atoms with Crippen molar-refractivity contribution in [2.24, 2.45) is 5.92 Å². The van der Waals surface area contributed by atoms with E-state index in [1.807, 2.05) is 31.3 Å². The van der Waals surface area contributed by atoms with Gasteiger partial charge in [0.1, 0.15) is 0 Å². The number of pyridine rings is 1. The zero-order valence-corrected chi connectivity index (χ0v) is 13.3. The van der Waals surface area contributed by atoms with Gasteiger partial charge in [0.15, 0.2) is 0 Å². The van der Waals surface area contributed by atoms with Crippen LogP contribution in [0.1, 0.15) is 28.4 Å². The van der Waals surface area contributed by atoms with E-state index in [1.54, 1.807) is 18.6 Å². The quantitative estimate of drug-likeness (QED) is 0.871. The largest absolute Gasteiger partial charge is 0.377 e. The van der Waals surface area contributed by atoms with Crippen LogP contribution >= 0.6 is 0 Å². The van der Waals surface area contributed by atoms with E-state index in [9.17, 15) is 4.79 Å². The Hall–Kier alpha value is -2.41. The molecule has 0 radical (unpaired) electrons. The number of nitrogens with zero attached hydrogens (tertiary/aromatic N) is 3. The Kier molecular flexibility index (Phi) is 4.57. The third kappa shape index (κ3) is 3.34. The number of aromatic nitrogens is 3. The molecule has 0 aromatic carbocycles. The van der Waals surface area contributed by atoms with Crippen molar-refractivity contribution in [3.63, 3.8) is 0 Å². The number of nitrogens with one attached hydrogen (secondary N) is 2. The van der Waals surface area contributed by atoms with Gasteiger partial charge in [-0.2, -0.15) is 5.10 Å². The third-order valence-electron chi connectivity index (χ3n) is 4.11. The van der Waals surface area contributed by atoms with Crippen molar-refractivity contribution < 1.29 is 9.53 Å². The number of carbonyl (C=O) groups is 1. The number of anilines is 1. The van der Waals surface area contributed by atoms with E-state index in [2.05, 4.69) is 20.5 Å². The summed E-state index contributed by atoms with van der Waals surface area (Å²) in [4.78, 5) is 18.4.